The average molecular weight is 184 g/mol. The molecule has 0 heterocycles. The highest BCUT2D eigenvalue weighted by Crippen LogP contribution is 2.31. The van der Waals surface area contributed by atoms with Gasteiger partial charge in [-0.2, -0.15) is 0 Å². The number of hydrogen-bond donors (Lipinski definition) is 0. The first-order chi connectivity index (χ1) is 6.16. The summed E-state index contributed by atoms with van der Waals surface area (Å²) in [5.41, 5.74) is -0.454. The largest absolute Gasteiger partial charge is 0.468 e. The number of hydrogen-bond acceptors (Lipinski definition) is 2. The maximum atomic E-state index is 11.5. The average Bonchev–Trinajstić information content (AvgIpc) is 2.19. The lowest BCUT2D eigenvalue weighted by Crippen LogP contribution is -2.29. The van der Waals surface area contributed by atoms with Crippen LogP contribution in [0.4, 0.5) is 0 Å². The molecule has 0 aromatic heterocycles. The van der Waals surface area contributed by atoms with Gasteiger partial charge in [0, 0.05) is 0 Å². The third-order valence-corrected chi connectivity index (χ3v) is 2.59. The number of unbranched alkanes of at least 4 members (excludes halogenated alkanes) is 1. The number of ether oxygens (including phenoxy) is 1. The van der Waals surface area contributed by atoms with E-state index in [1.54, 1.807) is 6.08 Å². The molecule has 0 aromatic rings. The fourth-order valence-electron chi connectivity index (χ4n) is 1.45. The summed E-state index contributed by atoms with van der Waals surface area (Å²) in [7, 11) is 1.43. The first kappa shape index (κ1) is 12.2. The van der Waals surface area contributed by atoms with Crippen molar-refractivity contribution >= 4 is 5.97 Å². The van der Waals surface area contributed by atoms with Crippen molar-refractivity contribution in [1.82, 2.24) is 0 Å². The Balaban J connectivity index is 4.48. The minimum Gasteiger partial charge on any atom is -0.468 e. The molecule has 0 unspecified atom stereocenters. The van der Waals surface area contributed by atoms with Crippen LogP contribution < -0.4 is 0 Å². The highest BCUT2D eigenvalue weighted by Gasteiger charge is 2.33. The first-order valence-corrected chi connectivity index (χ1v) is 4.88. The van der Waals surface area contributed by atoms with Crippen LogP contribution in [0.1, 0.15) is 39.5 Å². The van der Waals surface area contributed by atoms with Gasteiger partial charge in [-0.05, 0) is 12.8 Å². The Bertz CT molecular complexity index is 175. The van der Waals surface area contributed by atoms with Crippen LogP contribution in [0.15, 0.2) is 12.7 Å². The van der Waals surface area contributed by atoms with Gasteiger partial charge in [-0.3, -0.25) is 4.79 Å². The molecule has 0 N–H and O–H groups in total. The van der Waals surface area contributed by atoms with Crippen molar-refractivity contribution in [2.24, 2.45) is 5.41 Å². The summed E-state index contributed by atoms with van der Waals surface area (Å²) in [6, 6.07) is 0. The van der Waals surface area contributed by atoms with Crippen molar-refractivity contribution in [3.63, 3.8) is 0 Å². The molecule has 0 aliphatic rings. The van der Waals surface area contributed by atoms with Gasteiger partial charge >= 0.3 is 5.97 Å². The first-order valence-electron chi connectivity index (χ1n) is 4.88. The van der Waals surface area contributed by atoms with E-state index in [1.807, 2.05) is 6.92 Å². The number of rotatable bonds is 6. The molecule has 0 aromatic carbocycles. The summed E-state index contributed by atoms with van der Waals surface area (Å²) in [5.74, 6) is -0.154. The SMILES string of the molecule is C=C[C@](CC)(CCCC)C(=O)OC. The molecule has 0 saturated carbocycles. The molecule has 0 aliphatic carbocycles. The second kappa shape index (κ2) is 5.79. The second-order valence-corrected chi connectivity index (χ2v) is 3.31. The van der Waals surface area contributed by atoms with Crippen LogP contribution in [-0.4, -0.2) is 13.1 Å². The van der Waals surface area contributed by atoms with Crippen molar-refractivity contribution in [3.05, 3.63) is 12.7 Å². The van der Waals surface area contributed by atoms with Crippen LogP contribution in [0.2, 0.25) is 0 Å². The number of carbonyl (C=O) groups excluding carboxylic acids is 1. The van der Waals surface area contributed by atoms with E-state index in [0.29, 0.717) is 0 Å². The van der Waals surface area contributed by atoms with E-state index in [9.17, 15) is 4.79 Å². The van der Waals surface area contributed by atoms with Gasteiger partial charge < -0.3 is 4.74 Å². The van der Waals surface area contributed by atoms with E-state index >= 15 is 0 Å². The topological polar surface area (TPSA) is 26.3 Å². The van der Waals surface area contributed by atoms with Gasteiger partial charge in [-0.1, -0.05) is 32.8 Å². The van der Waals surface area contributed by atoms with Crippen LogP contribution in [0.3, 0.4) is 0 Å². The Morgan fingerprint density at radius 1 is 1.54 bits per heavy atom. The Labute approximate surface area is 81.0 Å². The molecular weight excluding hydrogens is 164 g/mol. The molecule has 0 rings (SSSR count). The van der Waals surface area contributed by atoms with E-state index in [4.69, 9.17) is 4.74 Å². The van der Waals surface area contributed by atoms with Crippen LogP contribution in [0.5, 0.6) is 0 Å². The Hall–Kier alpha value is -0.790. The molecule has 0 aliphatic heterocycles. The zero-order valence-corrected chi connectivity index (χ0v) is 8.93. The zero-order chi connectivity index (χ0) is 10.3. The summed E-state index contributed by atoms with van der Waals surface area (Å²) in [6.07, 6.45) is 5.47. The summed E-state index contributed by atoms with van der Waals surface area (Å²) in [6.45, 7) is 7.83. The normalized spacial score (nSPS) is 14.7. The fraction of sp³-hybridized carbons (Fsp3) is 0.727. The van der Waals surface area contributed by atoms with Gasteiger partial charge in [0.05, 0.1) is 12.5 Å². The molecule has 76 valence electrons. The van der Waals surface area contributed by atoms with Gasteiger partial charge in [0.15, 0.2) is 0 Å². The molecule has 0 amide bonds. The quantitative estimate of drug-likeness (QED) is 0.468. The molecule has 1 atom stereocenters. The number of esters is 1. The molecule has 2 nitrogen and oxygen atoms in total. The number of methoxy groups -OCH3 is 1. The molecule has 0 radical (unpaired) electrons. The monoisotopic (exact) mass is 184 g/mol. The highest BCUT2D eigenvalue weighted by atomic mass is 16.5. The van der Waals surface area contributed by atoms with E-state index in [2.05, 4.69) is 13.5 Å². The molecule has 0 bridgehead atoms. The van der Waals surface area contributed by atoms with Gasteiger partial charge in [0.25, 0.3) is 0 Å². The van der Waals surface area contributed by atoms with E-state index < -0.39 is 5.41 Å². The second-order valence-electron chi connectivity index (χ2n) is 3.31. The number of carbonyl (C=O) groups is 1. The third kappa shape index (κ3) is 2.87. The molecule has 0 saturated heterocycles. The summed E-state index contributed by atoms with van der Waals surface area (Å²) < 4.78 is 4.78. The zero-order valence-electron chi connectivity index (χ0n) is 8.93. The van der Waals surface area contributed by atoms with Gasteiger partial charge in [0.1, 0.15) is 0 Å². The smallest absolute Gasteiger partial charge is 0.315 e. The van der Waals surface area contributed by atoms with E-state index in [-0.39, 0.29) is 5.97 Å². The minimum atomic E-state index is -0.454. The molecular formula is C11H20O2. The molecule has 0 spiro atoms. The van der Waals surface area contributed by atoms with Crippen molar-refractivity contribution in [1.29, 1.82) is 0 Å². The lowest BCUT2D eigenvalue weighted by atomic mass is 9.80. The lowest BCUT2D eigenvalue weighted by molar-refractivity contribution is -0.150. The van der Waals surface area contributed by atoms with E-state index in [0.717, 1.165) is 25.7 Å². The van der Waals surface area contributed by atoms with E-state index in [1.165, 1.54) is 7.11 Å². The Morgan fingerprint density at radius 3 is 2.46 bits per heavy atom. The predicted molar refractivity (Wildman–Crippen MR) is 54.5 cm³/mol. The van der Waals surface area contributed by atoms with Crippen LogP contribution in [0.25, 0.3) is 0 Å². The third-order valence-electron chi connectivity index (χ3n) is 2.59. The highest BCUT2D eigenvalue weighted by molar-refractivity contribution is 5.78. The van der Waals surface area contributed by atoms with Crippen LogP contribution in [0, 0.1) is 5.41 Å². The van der Waals surface area contributed by atoms with Crippen molar-refractivity contribution < 1.29 is 9.53 Å². The van der Waals surface area contributed by atoms with Crippen molar-refractivity contribution in [3.8, 4) is 0 Å². The van der Waals surface area contributed by atoms with Crippen molar-refractivity contribution in [2.45, 2.75) is 39.5 Å². The van der Waals surface area contributed by atoms with Gasteiger partial charge in [-0.15, -0.1) is 6.58 Å². The minimum absolute atomic E-state index is 0.154. The predicted octanol–water partition coefficient (Wildman–Crippen LogP) is 2.93. The maximum Gasteiger partial charge on any atom is 0.315 e. The summed E-state index contributed by atoms with van der Waals surface area (Å²) >= 11 is 0. The fourth-order valence-corrected chi connectivity index (χ4v) is 1.45. The summed E-state index contributed by atoms with van der Waals surface area (Å²) in [4.78, 5) is 11.5. The summed E-state index contributed by atoms with van der Waals surface area (Å²) in [5, 5.41) is 0. The van der Waals surface area contributed by atoms with Gasteiger partial charge in [0.2, 0.25) is 0 Å². The Morgan fingerprint density at radius 2 is 2.15 bits per heavy atom. The van der Waals surface area contributed by atoms with Gasteiger partial charge in [-0.25, -0.2) is 0 Å². The molecule has 0 fully saturated rings. The molecule has 13 heavy (non-hydrogen) atoms. The lowest BCUT2D eigenvalue weighted by Gasteiger charge is -2.25. The standard InChI is InChI=1S/C11H20O2/c1-5-8-9-11(6-2,7-3)10(12)13-4/h6H,2,5,7-9H2,1,3-4H3/t11-/m0/s1. The molecule has 2 heteroatoms. The Kier molecular flexibility index (Phi) is 5.44. The van der Waals surface area contributed by atoms with Crippen molar-refractivity contribution in [2.75, 3.05) is 7.11 Å². The van der Waals surface area contributed by atoms with Crippen LogP contribution in [-0.2, 0) is 9.53 Å². The van der Waals surface area contributed by atoms with Crippen LogP contribution >= 0.6 is 0 Å². The maximum absolute atomic E-state index is 11.5.